The standard InChI is InChI=1S/C15H30N2O3/c1-5-13(11-18)16-9-12-7-6-8-17(10-12)14(19)20-15(2,3)4/h12-13,16,18H,5-11H2,1-4H3/t12?,13-/m0/s1. The van der Waals surface area contributed by atoms with Crippen LogP contribution in [0.5, 0.6) is 0 Å². The molecule has 0 aliphatic carbocycles. The SMILES string of the molecule is CC[C@@H](CO)NCC1CCCN(C(=O)OC(C)(C)C)C1. The molecule has 1 aliphatic heterocycles. The Hall–Kier alpha value is -0.810. The van der Waals surface area contributed by atoms with E-state index in [1.165, 1.54) is 0 Å². The topological polar surface area (TPSA) is 61.8 Å². The third kappa shape index (κ3) is 6.09. The zero-order valence-electron chi connectivity index (χ0n) is 13.3. The number of carbonyl (C=O) groups excluding carboxylic acids is 1. The number of aliphatic hydroxyl groups is 1. The Balaban J connectivity index is 2.40. The summed E-state index contributed by atoms with van der Waals surface area (Å²) in [6.45, 7) is 10.3. The molecule has 1 rings (SSSR count). The molecule has 0 radical (unpaired) electrons. The molecule has 1 heterocycles. The van der Waals surface area contributed by atoms with Crippen LogP contribution in [0.3, 0.4) is 0 Å². The highest BCUT2D eigenvalue weighted by Gasteiger charge is 2.27. The summed E-state index contributed by atoms with van der Waals surface area (Å²) >= 11 is 0. The highest BCUT2D eigenvalue weighted by Crippen LogP contribution is 2.19. The molecule has 1 unspecified atom stereocenters. The van der Waals surface area contributed by atoms with E-state index in [-0.39, 0.29) is 18.7 Å². The van der Waals surface area contributed by atoms with Gasteiger partial charge < -0.3 is 20.1 Å². The molecule has 1 amide bonds. The van der Waals surface area contributed by atoms with Crippen LogP contribution in [0.15, 0.2) is 0 Å². The molecule has 2 N–H and O–H groups in total. The second kappa shape index (κ2) is 7.84. The Morgan fingerprint density at radius 1 is 1.50 bits per heavy atom. The monoisotopic (exact) mass is 286 g/mol. The van der Waals surface area contributed by atoms with E-state index in [4.69, 9.17) is 4.74 Å². The first-order chi connectivity index (χ1) is 9.35. The third-order valence-corrected chi connectivity index (χ3v) is 3.58. The van der Waals surface area contributed by atoms with Gasteiger partial charge in [-0.2, -0.15) is 0 Å². The third-order valence-electron chi connectivity index (χ3n) is 3.58. The summed E-state index contributed by atoms with van der Waals surface area (Å²) in [6, 6.07) is 0.159. The fraction of sp³-hybridized carbons (Fsp3) is 0.933. The normalized spacial score (nSPS) is 21.6. The Bertz CT molecular complexity index is 298. The number of hydrogen-bond acceptors (Lipinski definition) is 4. The van der Waals surface area contributed by atoms with Crippen LogP contribution in [0.1, 0.15) is 47.0 Å². The molecule has 0 aromatic rings. The van der Waals surface area contributed by atoms with Crippen molar-refractivity contribution in [3.05, 3.63) is 0 Å². The van der Waals surface area contributed by atoms with E-state index in [2.05, 4.69) is 12.2 Å². The van der Waals surface area contributed by atoms with Crippen molar-refractivity contribution in [2.45, 2.75) is 58.6 Å². The van der Waals surface area contributed by atoms with Crippen LogP contribution in [-0.4, -0.2) is 54.0 Å². The molecule has 5 heteroatoms. The Morgan fingerprint density at radius 2 is 2.20 bits per heavy atom. The summed E-state index contributed by atoms with van der Waals surface area (Å²) in [7, 11) is 0. The van der Waals surface area contributed by atoms with Crippen LogP contribution in [0.2, 0.25) is 0 Å². The predicted octanol–water partition coefficient (Wildman–Crippen LogP) is 1.99. The zero-order valence-corrected chi connectivity index (χ0v) is 13.3. The van der Waals surface area contributed by atoms with Crippen molar-refractivity contribution in [3.63, 3.8) is 0 Å². The van der Waals surface area contributed by atoms with E-state index in [0.29, 0.717) is 5.92 Å². The molecule has 0 spiro atoms. The van der Waals surface area contributed by atoms with Crippen LogP contribution < -0.4 is 5.32 Å². The fourth-order valence-electron chi connectivity index (χ4n) is 2.40. The van der Waals surface area contributed by atoms with Crippen molar-refractivity contribution in [2.75, 3.05) is 26.2 Å². The molecule has 1 aliphatic rings. The van der Waals surface area contributed by atoms with Gasteiger partial charge in [0.05, 0.1) is 6.61 Å². The van der Waals surface area contributed by atoms with E-state index in [1.54, 1.807) is 4.90 Å². The van der Waals surface area contributed by atoms with Crippen molar-refractivity contribution in [1.29, 1.82) is 0 Å². The summed E-state index contributed by atoms with van der Waals surface area (Å²) in [5.41, 5.74) is -0.438. The Kier molecular flexibility index (Phi) is 6.76. The number of piperidine rings is 1. The first-order valence-corrected chi connectivity index (χ1v) is 7.68. The average Bonchev–Trinajstić information content (AvgIpc) is 2.38. The lowest BCUT2D eigenvalue weighted by Crippen LogP contribution is -2.46. The number of aliphatic hydroxyl groups excluding tert-OH is 1. The minimum absolute atomic E-state index is 0.159. The van der Waals surface area contributed by atoms with Crippen molar-refractivity contribution >= 4 is 6.09 Å². The fourth-order valence-corrected chi connectivity index (χ4v) is 2.40. The minimum atomic E-state index is -0.438. The number of carbonyl (C=O) groups is 1. The molecule has 0 aromatic heterocycles. The maximum Gasteiger partial charge on any atom is 0.410 e. The van der Waals surface area contributed by atoms with Crippen molar-refractivity contribution in [3.8, 4) is 0 Å². The molecule has 1 fully saturated rings. The van der Waals surface area contributed by atoms with Crippen LogP contribution >= 0.6 is 0 Å². The second-order valence-electron chi connectivity index (χ2n) is 6.63. The lowest BCUT2D eigenvalue weighted by Gasteiger charge is -2.34. The molecule has 0 aromatic carbocycles. The highest BCUT2D eigenvalue weighted by molar-refractivity contribution is 5.68. The second-order valence-corrected chi connectivity index (χ2v) is 6.63. The summed E-state index contributed by atoms with van der Waals surface area (Å²) in [4.78, 5) is 13.9. The van der Waals surface area contributed by atoms with Gasteiger partial charge in [0.2, 0.25) is 0 Å². The summed E-state index contributed by atoms with van der Waals surface area (Å²) in [6.07, 6.45) is 2.84. The van der Waals surface area contributed by atoms with Crippen molar-refractivity contribution < 1.29 is 14.6 Å². The highest BCUT2D eigenvalue weighted by atomic mass is 16.6. The van der Waals surface area contributed by atoms with Gasteiger partial charge in [0.25, 0.3) is 0 Å². The van der Waals surface area contributed by atoms with E-state index in [1.807, 2.05) is 20.8 Å². The number of ether oxygens (including phenoxy) is 1. The molecule has 2 atom stereocenters. The van der Waals surface area contributed by atoms with Gasteiger partial charge in [-0.1, -0.05) is 6.92 Å². The summed E-state index contributed by atoms with van der Waals surface area (Å²) in [5.74, 6) is 0.442. The van der Waals surface area contributed by atoms with E-state index < -0.39 is 5.60 Å². The number of nitrogens with zero attached hydrogens (tertiary/aromatic N) is 1. The van der Waals surface area contributed by atoms with Gasteiger partial charge in [0, 0.05) is 19.1 Å². The number of nitrogens with one attached hydrogen (secondary N) is 1. The number of rotatable bonds is 5. The molecule has 0 bridgehead atoms. The molecular weight excluding hydrogens is 256 g/mol. The van der Waals surface area contributed by atoms with Gasteiger partial charge in [-0.3, -0.25) is 0 Å². The number of likely N-dealkylation sites (tertiary alicyclic amines) is 1. The smallest absolute Gasteiger partial charge is 0.410 e. The summed E-state index contributed by atoms with van der Waals surface area (Å²) < 4.78 is 5.42. The number of amides is 1. The van der Waals surface area contributed by atoms with Gasteiger partial charge in [-0.05, 0) is 52.5 Å². The van der Waals surface area contributed by atoms with E-state index >= 15 is 0 Å². The first-order valence-electron chi connectivity index (χ1n) is 7.68. The van der Waals surface area contributed by atoms with Crippen molar-refractivity contribution in [2.24, 2.45) is 5.92 Å². The van der Waals surface area contributed by atoms with Gasteiger partial charge >= 0.3 is 6.09 Å². The average molecular weight is 286 g/mol. The van der Waals surface area contributed by atoms with Gasteiger partial charge in [0.15, 0.2) is 0 Å². The minimum Gasteiger partial charge on any atom is -0.444 e. The first kappa shape index (κ1) is 17.2. The molecule has 20 heavy (non-hydrogen) atoms. The van der Waals surface area contributed by atoms with Gasteiger partial charge in [-0.25, -0.2) is 4.79 Å². The van der Waals surface area contributed by atoms with Gasteiger partial charge in [-0.15, -0.1) is 0 Å². The lowest BCUT2D eigenvalue weighted by molar-refractivity contribution is 0.0164. The largest absolute Gasteiger partial charge is 0.444 e. The molecule has 1 saturated heterocycles. The van der Waals surface area contributed by atoms with Crippen LogP contribution in [0.4, 0.5) is 4.79 Å². The summed E-state index contributed by atoms with van der Waals surface area (Å²) in [5, 5.41) is 12.5. The van der Waals surface area contributed by atoms with Crippen LogP contribution in [-0.2, 0) is 4.74 Å². The maximum absolute atomic E-state index is 12.1. The van der Waals surface area contributed by atoms with Crippen molar-refractivity contribution in [1.82, 2.24) is 10.2 Å². The molecular formula is C15H30N2O3. The zero-order chi connectivity index (χ0) is 15.2. The van der Waals surface area contributed by atoms with Crippen LogP contribution in [0, 0.1) is 5.92 Å². The van der Waals surface area contributed by atoms with E-state index in [9.17, 15) is 9.90 Å². The van der Waals surface area contributed by atoms with Crippen LogP contribution in [0.25, 0.3) is 0 Å². The maximum atomic E-state index is 12.1. The Labute approximate surface area is 122 Å². The Morgan fingerprint density at radius 3 is 2.75 bits per heavy atom. The predicted molar refractivity (Wildman–Crippen MR) is 79.7 cm³/mol. The number of hydrogen-bond donors (Lipinski definition) is 2. The lowest BCUT2D eigenvalue weighted by atomic mass is 9.98. The molecule has 0 saturated carbocycles. The molecule has 118 valence electrons. The molecule has 5 nitrogen and oxygen atoms in total. The quantitative estimate of drug-likeness (QED) is 0.811. The van der Waals surface area contributed by atoms with Gasteiger partial charge in [0.1, 0.15) is 5.60 Å². The van der Waals surface area contributed by atoms with E-state index in [0.717, 1.165) is 38.9 Å².